The third kappa shape index (κ3) is 4.15. The molecule has 2 aromatic rings. The van der Waals surface area contributed by atoms with Crippen molar-refractivity contribution in [2.75, 3.05) is 18.5 Å². The number of nitrogens with zero attached hydrogens (tertiary/aromatic N) is 2. The Morgan fingerprint density at radius 3 is 2.60 bits per heavy atom. The van der Waals surface area contributed by atoms with Crippen LogP contribution in [0.25, 0.3) is 0 Å². The van der Waals surface area contributed by atoms with Crippen molar-refractivity contribution >= 4 is 17.5 Å². The van der Waals surface area contributed by atoms with Gasteiger partial charge in [0.1, 0.15) is 5.82 Å². The van der Waals surface area contributed by atoms with E-state index in [1.54, 1.807) is 18.2 Å². The summed E-state index contributed by atoms with van der Waals surface area (Å²) in [5.74, 6) is 0.0567. The van der Waals surface area contributed by atoms with Gasteiger partial charge in [0.2, 0.25) is 5.95 Å². The molecule has 6 heteroatoms. The lowest BCUT2D eigenvalue weighted by Gasteiger charge is -2.15. The number of benzene rings is 1. The van der Waals surface area contributed by atoms with Crippen LogP contribution in [0.2, 0.25) is 5.02 Å². The normalized spacial score (nSPS) is 12.2. The Labute approximate surface area is 121 Å². The fraction of sp³-hybridized carbons (Fsp3) is 0.286. The fourth-order valence-electron chi connectivity index (χ4n) is 1.82. The molecule has 0 radical (unpaired) electrons. The molecule has 20 heavy (non-hydrogen) atoms. The van der Waals surface area contributed by atoms with Gasteiger partial charge in [-0.2, -0.15) is 0 Å². The van der Waals surface area contributed by atoms with Crippen LogP contribution in [0.5, 0.6) is 0 Å². The molecule has 2 rings (SSSR count). The first-order valence-corrected chi connectivity index (χ1v) is 6.62. The first kappa shape index (κ1) is 14.7. The molecule has 0 aliphatic rings. The molecule has 4 nitrogen and oxygen atoms in total. The molecule has 1 unspecified atom stereocenters. The Hall–Kier alpha value is -1.72. The molecule has 1 aromatic heterocycles. The van der Waals surface area contributed by atoms with Gasteiger partial charge in [0, 0.05) is 19.1 Å². The van der Waals surface area contributed by atoms with Gasteiger partial charge in [0.05, 0.1) is 17.4 Å². The van der Waals surface area contributed by atoms with Gasteiger partial charge in [-0.05, 0) is 18.1 Å². The summed E-state index contributed by atoms with van der Waals surface area (Å²) in [4.78, 5) is 8.00. The molecular weight excluding hydrogens is 281 g/mol. The number of anilines is 1. The highest BCUT2D eigenvalue weighted by atomic mass is 35.5. The summed E-state index contributed by atoms with van der Waals surface area (Å²) in [5, 5.41) is 12.8. The Balaban J connectivity index is 1.92. The van der Waals surface area contributed by atoms with E-state index in [1.165, 1.54) is 18.5 Å². The van der Waals surface area contributed by atoms with Crippen molar-refractivity contribution in [3.63, 3.8) is 0 Å². The third-order valence-corrected chi connectivity index (χ3v) is 3.09. The molecule has 1 heterocycles. The maximum absolute atomic E-state index is 13.6. The van der Waals surface area contributed by atoms with Crippen molar-refractivity contribution < 1.29 is 9.50 Å². The van der Waals surface area contributed by atoms with Crippen LogP contribution in [0.4, 0.5) is 10.3 Å². The second-order valence-electron chi connectivity index (χ2n) is 4.45. The highest BCUT2D eigenvalue weighted by Gasteiger charge is 2.12. The van der Waals surface area contributed by atoms with Crippen LogP contribution in [-0.4, -0.2) is 28.2 Å². The van der Waals surface area contributed by atoms with Gasteiger partial charge in [-0.1, -0.05) is 29.8 Å². The van der Waals surface area contributed by atoms with Gasteiger partial charge in [0.15, 0.2) is 0 Å². The summed E-state index contributed by atoms with van der Waals surface area (Å²) in [7, 11) is 0. The topological polar surface area (TPSA) is 58.0 Å². The van der Waals surface area contributed by atoms with E-state index in [2.05, 4.69) is 15.3 Å². The first-order chi connectivity index (χ1) is 9.69. The zero-order valence-corrected chi connectivity index (χ0v) is 11.5. The SMILES string of the molecule is OCC(CNc1ncc(Cl)cn1)Cc1ccccc1F. The quantitative estimate of drug-likeness (QED) is 0.860. The summed E-state index contributed by atoms with van der Waals surface area (Å²) in [6, 6.07) is 6.56. The molecule has 1 atom stereocenters. The van der Waals surface area contributed by atoms with Crippen molar-refractivity contribution in [3.05, 3.63) is 53.1 Å². The smallest absolute Gasteiger partial charge is 0.222 e. The Kier molecular flexibility index (Phi) is 5.26. The number of nitrogens with one attached hydrogen (secondary N) is 1. The van der Waals surface area contributed by atoms with Crippen LogP contribution in [-0.2, 0) is 6.42 Å². The van der Waals surface area contributed by atoms with Gasteiger partial charge in [0.25, 0.3) is 0 Å². The summed E-state index contributed by atoms with van der Waals surface area (Å²) in [6.45, 7) is 0.404. The first-order valence-electron chi connectivity index (χ1n) is 6.24. The Morgan fingerprint density at radius 1 is 1.25 bits per heavy atom. The number of aliphatic hydroxyl groups excluding tert-OH is 1. The van der Waals surface area contributed by atoms with Crippen LogP contribution >= 0.6 is 11.6 Å². The molecule has 0 fully saturated rings. The number of rotatable bonds is 6. The minimum absolute atomic E-state index is 0.0467. The molecule has 0 saturated carbocycles. The molecule has 1 aromatic carbocycles. The predicted molar refractivity (Wildman–Crippen MR) is 76.2 cm³/mol. The van der Waals surface area contributed by atoms with Crippen LogP contribution in [0.1, 0.15) is 5.56 Å². The van der Waals surface area contributed by atoms with E-state index in [1.807, 2.05) is 0 Å². The molecule has 106 valence electrons. The van der Waals surface area contributed by atoms with E-state index in [0.29, 0.717) is 29.5 Å². The summed E-state index contributed by atoms with van der Waals surface area (Å²) >= 11 is 5.69. The second-order valence-corrected chi connectivity index (χ2v) is 4.89. The van der Waals surface area contributed by atoms with Crippen LogP contribution in [0, 0.1) is 11.7 Å². The summed E-state index contributed by atoms with van der Waals surface area (Å²) in [5.41, 5.74) is 0.588. The van der Waals surface area contributed by atoms with Gasteiger partial charge in [-0.25, -0.2) is 14.4 Å². The van der Waals surface area contributed by atoms with E-state index < -0.39 is 0 Å². The van der Waals surface area contributed by atoms with Crippen molar-refractivity contribution in [2.45, 2.75) is 6.42 Å². The van der Waals surface area contributed by atoms with Crippen LogP contribution in [0.3, 0.4) is 0 Å². The van der Waals surface area contributed by atoms with E-state index in [4.69, 9.17) is 11.6 Å². The Morgan fingerprint density at radius 2 is 1.95 bits per heavy atom. The maximum Gasteiger partial charge on any atom is 0.222 e. The van der Waals surface area contributed by atoms with E-state index in [9.17, 15) is 9.50 Å². The largest absolute Gasteiger partial charge is 0.396 e. The second kappa shape index (κ2) is 7.17. The average molecular weight is 296 g/mol. The fourth-order valence-corrected chi connectivity index (χ4v) is 1.91. The van der Waals surface area contributed by atoms with Crippen LogP contribution < -0.4 is 5.32 Å². The minimum Gasteiger partial charge on any atom is -0.396 e. The lowest BCUT2D eigenvalue weighted by atomic mass is 10.00. The van der Waals surface area contributed by atoms with E-state index >= 15 is 0 Å². The molecule has 0 saturated heterocycles. The molecular formula is C14H15ClFN3O. The van der Waals surface area contributed by atoms with Crippen molar-refractivity contribution in [2.24, 2.45) is 5.92 Å². The zero-order chi connectivity index (χ0) is 14.4. The lowest BCUT2D eigenvalue weighted by molar-refractivity contribution is 0.231. The lowest BCUT2D eigenvalue weighted by Crippen LogP contribution is -2.21. The van der Waals surface area contributed by atoms with E-state index in [0.717, 1.165) is 0 Å². The van der Waals surface area contributed by atoms with Crippen molar-refractivity contribution in [3.8, 4) is 0 Å². The average Bonchev–Trinajstić information content (AvgIpc) is 2.47. The number of halogens is 2. The molecule has 0 spiro atoms. The highest BCUT2D eigenvalue weighted by molar-refractivity contribution is 6.30. The standard InChI is InChI=1S/C14H15ClFN3O/c15-12-7-18-14(19-8-12)17-6-10(9-20)5-11-3-1-2-4-13(11)16/h1-4,7-8,10,20H,5-6,9H2,(H,17,18,19). The summed E-state index contributed by atoms with van der Waals surface area (Å²) < 4.78 is 13.6. The van der Waals surface area contributed by atoms with Gasteiger partial charge >= 0.3 is 0 Å². The summed E-state index contributed by atoms with van der Waals surface area (Å²) in [6.07, 6.45) is 3.42. The van der Waals surface area contributed by atoms with Gasteiger partial charge in [-0.15, -0.1) is 0 Å². The number of hydrogen-bond donors (Lipinski definition) is 2. The molecule has 0 bridgehead atoms. The third-order valence-electron chi connectivity index (χ3n) is 2.89. The van der Waals surface area contributed by atoms with Crippen LogP contribution in [0.15, 0.2) is 36.7 Å². The van der Waals surface area contributed by atoms with Crippen molar-refractivity contribution in [1.82, 2.24) is 9.97 Å². The zero-order valence-electron chi connectivity index (χ0n) is 10.8. The molecule has 0 aliphatic heterocycles. The number of aliphatic hydroxyl groups is 1. The van der Waals surface area contributed by atoms with Gasteiger partial charge in [-0.3, -0.25) is 0 Å². The minimum atomic E-state index is -0.256. The number of hydrogen-bond acceptors (Lipinski definition) is 4. The number of aromatic nitrogens is 2. The molecule has 0 aliphatic carbocycles. The maximum atomic E-state index is 13.6. The van der Waals surface area contributed by atoms with Crippen molar-refractivity contribution in [1.29, 1.82) is 0 Å². The highest BCUT2D eigenvalue weighted by Crippen LogP contribution is 2.13. The monoisotopic (exact) mass is 295 g/mol. The Bertz CT molecular complexity index is 550. The molecule has 0 amide bonds. The molecule has 2 N–H and O–H groups in total. The van der Waals surface area contributed by atoms with Gasteiger partial charge < -0.3 is 10.4 Å². The van der Waals surface area contributed by atoms with E-state index in [-0.39, 0.29) is 18.3 Å². The predicted octanol–water partition coefficient (Wildman–Crippen LogP) is 2.53.